The van der Waals surface area contributed by atoms with Gasteiger partial charge in [-0.05, 0) is 26.9 Å². The first-order valence-electron chi connectivity index (χ1n) is 18.9. The average Bonchev–Trinajstić information content (AvgIpc) is 2.95. The molecule has 0 aliphatic carbocycles. The molecule has 0 aromatic heterocycles. The monoisotopic (exact) mass is 586 g/mol. The van der Waals surface area contributed by atoms with Crippen LogP contribution in [-0.4, -0.2) is 19.5 Å². The zero-order chi connectivity index (χ0) is 29.6. The third-order valence-electron chi connectivity index (χ3n) is 8.49. The molecule has 0 heterocycles. The van der Waals surface area contributed by atoms with E-state index >= 15 is 0 Å². The van der Waals surface area contributed by atoms with E-state index in [1.807, 2.05) is 14.1 Å². The maximum Gasteiger partial charge on any atom is 0.0336 e. The molecule has 1 atom stereocenters. The van der Waals surface area contributed by atoms with Gasteiger partial charge in [0.25, 0.3) is 0 Å². The second-order valence-corrected chi connectivity index (χ2v) is 13.5. The number of rotatable bonds is 33. The highest BCUT2D eigenvalue weighted by Gasteiger charge is 2.04. The predicted octanol–water partition coefficient (Wildman–Crippen LogP) is 14.3. The van der Waals surface area contributed by atoms with E-state index < -0.39 is 0 Å². The van der Waals surface area contributed by atoms with Crippen LogP contribution in [0.2, 0.25) is 0 Å². The minimum Gasteiger partial charge on any atom is -0.323 e. The predicted molar refractivity (Wildman–Crippen MR) is 188 cm³/mol. The molecule has 0 radical (unpaired) electrons. The van der Waals surface area contributed by atoms with Crippen LogP contribution in [0.3, 0.4) is 0 Å². The van der Waals surface area contributed by atoms with Crippen molar-refractivity contribution >= 4 is 11.6 Å². The number of hydrogen-bond donors (Lipinski definition) is 1. The van der Waals surface area contributed by atoms with Gasteiger partial charge in [-0.2, -0.15) is 0 Å². The Hall–Kier alpha value is 0.250. The van der Waals surface area contributed by atoms with Gasteiger partial charge in [0.1, 0.15) is 0 Å². The molecule has 0 aliphatic rings. The summed E-state index contributed by atoms with van der Waals surface area (Å²) in [6, 6.07) is 0. The van der Waals surface area contributed by atoms with E-state index in [1.54, 1.807) is 0 Å². The van der Waals surface area contributed by atoms with Gasteiger partial charge in [0.2, 0.25) is 0 Å². The molecule has 0 bridgehead atoms. The van der Waals surface area contributed by atoms with Gasteiger partial charge in [0, 0.05) is 5.38 Å². The van der Waals surface area contributed by atoms with Gasteiger partial charge >= 0.3 is 0 Å². The molecule has 0 aromatic rings. The Morgan fingerprint density at radius 1 is 0.325 bits per heavy atom. The molecule has 40 heavy (non-hydrogen) atoms. The number of alkyl halides is 1. The van der Waals surface area contributed by atoms with Crippen molar-refractivity contribution in [3.8, 4) is 0 Å². The maximum absolute atomic E-state index is 6.60. The average molecular weight is 587 g/mol. The summed E-state index contributed by atoms with van der Waals surface area (Å²) in [6.45, 7) is 4.61. The molecule has 1 unspecified atom stereocenters. The molecule has 244 valence electrons. The summed E-state index contributed by atoms with van der Waals surface area (Å²) in [5, 5.41) is 3.19. The van der Waals surface area contributed by atoms with Crippen LogP contribution in [0, 0.1) is 0 Å². The van der Waals surface area contributed by atoms with Gasteiger partial charge < -0.3 is 5.32 Å². The van der Waals surface area contributed by atoms with Gasteiger partial charge in [-0.15, -0.1) is 11.6 Å². The molecule has 1 N–H and O–H groups in total. The van der Waals surface area contributed by atoms with E-state index in [9.17, 15) is 0 Å². The van der Waals surface area contributed by atoms with Crippen LogP contribution in [0.15, 0.2) is 0 Å². The summed E-state index contributed by atoms with van der Waals surface area (Å²) in [7, 11) is 3.75. The third kappa shape index (κ3) is 42.7. The van der Waals surface area contributed by atoms with Gasteiger partial charge in [0.15, 0.2) is 0 Å². The second-order valence-electron chi connectivity index (χ2n) is 12.9. The Balaban J connectivity index is 0. The fourth-order valence-corrected chi connectivity index (χ4v) is 6.10. The lowest BCUT2D eigenvalue weighted by Crippen LogP contribution is -1.98. The number of nitrogens with one attached hydrogen (secondary N) is 1. The molecule has 2 heteroatoms. The minimum atomic E-state index is 0.439. The van der Waals surface area contributed by atoms with Crippen LogP contribution in [-0.2, 0) is 0 Å². The van der Waals surface area contributed by atoms with Crippen LogP contribution < -0.4 is 5.32 Å². The minimum absolute atomic E-state index is 0.439. The lowest BCUT2D eigenvalue weighted by Gasteiger charge is -2.09. The third-order valence-corrected chi connectivity index (χ3v) is 8.93. The van der Waals surface area contributed by atoms with Gasteiger partial charge in [-0.3, -0.25) is 0 Å². The molecule has 0 aliphatic heterocycles. The normalized spacial score (nSPS) is 11.9. The summed E-state index contributed by atoms with van der Waals surface area (Å²) in [4.78, 5) is 0. The number of hydrogen-bond acceptors (Lipinski definition) is 1. The van der Waals surface area contributed by atoms with Crippen molar-refractivity contribution in [3.05, 3.63) is 0 Å². The Morgan fingerprint density at radius 3 is 0.650 bits per heavy atom. The van der Waals surface area contributed by atoms with Crippen molar-refractivity contribution in [3.63, 3.8) is 0 Å². The van der Waals surface area contributed by atoms with E-state index in [0.717, 1.165) is 0 Å². The van der Waals surface area contributed by atoms with Crippen LogP contribution in [0.1, 0.15) is 226 Å². The number of halogens is 1. The van der Waals surface area contributed by atoms with Crippen molar-refractivity contribution < 1.29 is 0 Å². The molecule has 1 nitrogen and oxygen atoms in total. The summed E-state index contributed by atoms with van der Waals surface area (Å²) < 4.78 is 0. The highest BCUT2D eigenvalue weighted by molar-refractivity contribution is 6.20. The van der Waals surface area contributed by atoms with Gasteiger partial charge in [-0.1, -0.05) is 213 Å². The maximum atomic E-state index is 6.60. The highest BCUT2D eigenvalue weighted by Crippen LogP contribution is 2.19. The summed E-state index contributed by atoms with van der Waals surface area (Å²) in [6.07, 6.45) is 47.3. The van der Waals surface area contributed by atoms with E-state index in [-0.39, 0.29) is 0 Å². The molecule has 0 spiro atoms. The molecule has 0 amide bonds. The van der Waals surface area contributed by atoms with Crippen LogP contribution in [0.4, 0.5) is 0 Å². The second kappa shape index (κ2) is 41.4. The zero-order valence-corrected chi connectivity index (χ0v) is 29.5. The van der Waals surface area contributed by atoms with E-state index in [2.05, 4.69) is 19.2 Å². The van der Waals surface area contributed by atoms with Crippen molar-refractivity contribution in [2.24, 2.45) is 0 Å². The highest BCUT2D eigenvalue weighted by atomic mass is 35.5. The standard InChI is InChI=1S/C36H73Cl.C2H7N/c1-3-5-7-9-11-13-15-17-19-21-23-25-27-29-31-33-35-36(37)34-32-30-28-26-24-22-20-18-16-14-12-10-8-6-4-2;1-3-2/h36H,3-35H2,1-2H3;3H,1-2H3. The lowest BCUT2D eigenvalue weighted by atomic mass is 10.0. The SMILES string of the molecule is CCCCCCCCCCCCCCCCCCC(Cl)CCCCCCCCCCCCCCCCC.CNC. The van der Waals surface area contributed by atoms with E-state index in [4.69, 9.17) is 11.6 Å². The summed E-state index contributed by atoms with van der Waals surface area (Å²) in [5.74, 6) is 0. The van der Waals surface area contributed by atoms with Crippen molar-refractivity contribution in [2.45, 2.75) is 231 Å². The molecule has 0 aromatic carbocycles. The van der Waals surface area contributed by atoms with Gasteiger partial charge in [0.05, 0.1) is 0 Å². The molecule has 0 rings (SSSR count). The molecular formula is C38H80ClN. The van der Waals surface area contributed by atoms with Crippen molar-refractivity contribution in [1.82, 2.24) is 5.32 Å². The van der Waals surface area contributed by atoms with Crippen LogP contribution >= 0.6 is 11.6 Å². The Labute approximate surface area is 261 Å². The van der Waals surface area contributed by atoms with E-state index in [1.165, 1.54) is 212 Å². The fourth-order valence-electron chi connectivity index (χ4n) is 5.80. The Bertz CT molecular complexity index is 399. The lowest BCUT2D eigenvalue weighted by molar-refractivity contribution is 0.513. The Morgan fingerprint density at radius 2 is 0.475 bits per heavy atom. The molecule has 0 saturated carbocycles. The first-order chi connectivity index (χ1) is 19.7. The number of unbranched alkanes of at least 4 members (excludes halogenated alkanes) is 29. The summed E-state index contributed by atoms with van der Waals surface area (Å²) >= 11 is 6.60. The van der Waals surface area contributed by atoms with Crippen molar-refractivity contribution in [1.29, 1.82) is 0 Å². The Kier molecular flexibility index (Phi) is 43.9. The molecular weight excluding hydrogens is 506 g/mol. The van der Waals surface area contributed by atoms with Crippen LogP contribution in [0.25, 0.3) is 0 Å². The zero-order valence-electron chi connectivity index (χ0n) is 28.8. The smallest absolute Gasteiger partial charge is 0.0336 e. The molecule has 0 saturated heterocycles. The fraction of sp³-hybridized carbons (Fsp3) is 1.00. The van der Waals surface area contributed by atoms with Crippen molar-refractivity contribution in [2.75, 3.05) is 14.1 Å². The summed E-state index contributed by atoms with van der Waals surface area (Å²) in [5.41, 5.74) is 0. The quantitative estimate of drug-likeness (QED) is 0.0596. The largest absolute Gasteiger partial charge is 0.323 e. The van der Waals surface area contributed by atoms with Gasteiger partial charge in [-0.25, -0.2) is 0 Å². The first-order valence-corrected chi connectivity index (χ1v) is 19.4. The van der Waals surface area contributed by atoms with Crippen LogP contribution in [0.5, 0.6) is 0 Å². The van der Waals surface area contributed by atoms with E-state index in [0.29, 0.717) is 5.38 Å². The first kappa shape index (κ1) is 42.4. The topological polar surface area (TPSA) is 12.0 Å². The molecule has 0 fully saturated rings.